The van der Waals surface area contributed by atoms with Crippen molar-refractivity contribution in [3.63, 3.8) is 0 Å². The molecule has 1 unspecified atom stereocenters. The van der Waals surface area contributed by atoms with Crippen molar-refractivity contribution in [2.75, 3.05) is 26.2 Å². The Kier molecular flexibility index (Phi) is 7.98. The second-order valence-corrected chi connectivity index (χ2v) is 8.85. The van der Waals surface area contributed by atoms with Crippen LogP contribution in [0.2, 0.25) is 0 Å². The topological polar surface area (TPSA) is 56.7 Å². The van der Waals surface area contributed by atoms with Crippen LogP contribution in [-0.4, -0.2) is 49.0 Å². The fraction of sp³-hybridized carbons (Fsp3) is 0.652. The normalized spacial score (nSPS) is 23.2. The lowest BCUT2D eigenvalue weighted by atomic mass is 9.95. The number of hydrogen-bond donors (Lipinski definition) is 2. The van der Waals surface area contributed by atoms with E-state index >= 15 is 0 Å². The van der Waals surface area contributed by atoms with E-state index in [1.165, 1.54) is 18.9 Å². The van der Waals surface area contributed by atoms with E-state index < -0.39 is 0 Å². The van der Waals surface area contributed by atoms with Crippen molar-refractivity contribution in [2.45, 2.75) is 63.3 Å². The number of carbonyl (C=O) groups is 1. The number of carbonyl (C=O) groups excluding carboxylic acids is 1. The van der Waals surface area contributed by atoms with Crippen LogP contribution in [0, 0.1) is 11.7 Å². The molecule has 166 valence electrons. The van der Waals surface area contributed by atoms with E-state index in [4.69, 9.17) is 4.99 Å². The van der Waals surface area contributed by atoms with Crippen molar-refractivity contribution in [1.82, 2.24) is 15.5 Å². The number of hydrogen-bond acceptors (Lipinski definition) is 2. The molecule has 0 bridgehead atoms. The molecule has 1 saturated heterocycles. The number of guanidine groups is 1. The molecule has 3 fully saturated rings. The van der Waals surface area contributed by atoms with Gasteiger partial charge in [0.1, 0.15) is 5.82 Å². The molecule has 2 aliphatic carbocycles. The smallest absolute Gasteiger partial charge is 0.225 e. The highest BCUT2D eigenvalue weighted by atomic mass is 127. The predicted octanol–water partition coefficient (Wildman–Crippen LogP) is 3.82. The summed E-state index contributed by atoms with van der Waals surface area (Å²) < 4.78 is 14.3. The second kappa shape index (κ2) is 10.3. The lowest BCUT2D eigenvalue weighted by molar-refractivity contribution is -0.134. The van der Waals surface area contributed by atoms with Crippen molar-refractivity contribution in [3.05, 3.63) is 35.6 Å². The fourth-order valence-corrected chi connectivity index (χ4v) is 4.81. The van der Waals surface area contributed by atoms with Crippen molar-refractivity contribution in [2.24, 2.45) is 10.9 Å². The van der Waals surface area contributed by atoms with E-state index in [-0.39, 0.29) is 47.2 Å². The first kappa shape index (κ1) is 23.3. The maximum atomic E-state index is 14.3. The van der Waals surface area contributed by atoms with Crippen LogP contribution in [0.3, 0.4) is 0 Å². The average molecular weight is 528 g/mol. The van der Waals surface area contributed by atoms with Crippen molar-refractivity contribution >= 4 is 35.8 Å². The van der Waals surface area contributed by atoms with E-state index in [9.17, 15) is 9.18 Å². The SMILES string of the molecule is CCNC(=NCC1(c2ccccc2F)CC1)NC1CCN(C(=O)C2CCCC2)C1.I. The number of nitrogens with one attached hydrogen (secondary N) is 2. The molecule has 5 nitrogen and oxygen atoms in total. The van der Waals surface area contributed by atoms with Crippen molar-refractivity contribution < 1.29 is 9.18 Å². The second-order valence-electron chi connectivity index (χ2n) is 8.85. The number of aliphatic imine (C=N–C) groups is 1. The molecule has 0 radical (unpaired) electrons. The number of rotatable bonds is 6. The quantitative estimate of drug-likeness (QED) is 0.336. The van der Waals surface area contributed by atoms with Crippen LogP contribution in [0.5, 0.6) is 0 Å². The fourth-order valence-electron chi connectivity index (χ4n) is 4.81. The molecule has 2 N–H and O–H groups in total. The van der Waals surface area contributed by atoms with Crippen LogP contribution in [0.1, 0.15) is 57.4 Å². The van der Waals surface area contributed by atoms with E-state index in [0.29, 0.717) is 12.5 Å². The van der Waals surface area contributed by atoms with Gasteiger partial charge in [-0.2, -0.15) is 0 Å². The largest absolute Gasteiger partial charge is 0.357 e. The molecule has 7 heteroatoms. The third kappa shape index (κ3) is 5.26. The lowest BCUT2D eigenvalue weighted by Crippen LogP contribution is -2.45. The molecule has 1 aromatic carbocycles. The monoisotopic (exact) mass is 528 g/mol. The minimum atomic E-state index is -0.159. The number of amides is 1. The van der Waals surface area contributed by atoms with Crippen LogP contribution in [0.4, 0.5) is 4.39 Å². The molecule has 1 atom stereocenters. The summed E-state index contributed by atoms with van der Waals surface area (Å²) in [4.78, 5) is 19.5. The first-order valence-electron chi connectivity index (χ1n) is 11.2. The highest BCUT2D eigenvalue weighted by Crippen LogP contribution is 2.49. The van der Waals surface area contributed by atoms with Gasteiger partial charge in [0.05, 0.1) is 6.54 Å². The number of likely N-dealkylation sites (tertiary alicyclic amines) is 1. The minimum absolute atomic E-state index is 0. The summed E-state index contributed by atoms with van der Waals surface area (Å²) in [6.07, 6.45) is 7.38. The van der Waals surface area contributed by atoms with E-state index in [2.05, 4.69) is 10.6 Å². The maximum absolute atomic E-state index is 14.3. The Labute approximate surface area is 196 Å². The van der Waals surface area contributed by atoms with Gasteiger partial charge in [-0.1, -0.05) is 31.0 Å². The van der Waals surface area contributed by atoms with Gasteiger partial charge >= 0.3 is 0 Å². The van der Waals surface area contributed by atoms with Crippen LogP contribution in [0.25, 0.3) is 0 Å². The number of halogens is 2. The van der Waals surface area contributed by atoms with Gasteiger partial charge in [-0.05, 0) is 50.7 Å². The van der Waals surface area contributed by atoms with Gasteiger partial charge < -0.3 is 15.5 Å². The van der Waals surface area contributed by atoms with Crippen LogP contribution < -0.4 is 10.6 Å². The zero-order chi connectivity index (χ0) is 20.3. The van der Waals surface area contributed by atoms with Gasteiger partial charge in [0, 0.05) is 37.0 Å². The van der Waals surface area contributed by atoms with Crippen molar-refractivity contribution in [3.8, 4) is 0 Å². The standard InChI is InChI=1S/C23H33FN4O.HI/c1-2-25-22(26-16-23(12-13-23)19-9-5-6-10-20(19)24)27-18-11-14-28(15-18)21(29)17-7-3-4-8-17;/h5-6,9-10,17-18H,2-4,7-8,11-16H2,1H3,(H2,25,26,27);1H. The molecule has 1 aromatic rings. The summed E-state index contributed by atoms with van der Waals surface area (Å²) in [7, 11) is 0. The Bertz CT molecular complexity index is 761. The summed E-state index contributed by atoms with van der Waals surface area (Å²) in [5.41, 5.74) is 0.627. The van der Waals surface area contributed by atoms with Gasteiger partial charge in [0.25, 0.3) is 0 Å². The first-order valence-corrected chi connectivity index (χ1v) is 11.2. The molecule has 3 aliphatic rings. The number of benzene rings is 1. The van der Waals surface area contributed by atoms with Gasteiger partial charge in [-0.15, -0.1) is 24.0 Å². The average Bonchev–Trinajstić information content (AvgIpc) is 3.11. The van der Waals surface area contributed by atoms with E-state index in [1.54, 1.807) is 6.07 Å². The van der Waals surface area contributed by atoms with Crippen LogP contribution in [-0.2, 0) is 10.2 Å². The Morgan fingerprint density at radius 3 is 2.63 bits per heavy atom. The Morgan fingerprint density at radius 2 is 1.97 bits per heavy atom. The van der Waals surface area contributed by atoms with Crippen LogP contribution >= 0.6 is 24.0 Å². The third-order valence-electron chi connectivity index (χ3n) is 6.73. The van der Waals surface area contributed by atoms with Gasteiger partial charge in [0.15, 0.2) is 5.96 Å². The Balaban J connectivity index is 0.00000256. The Hall–Kier alpha value is -1.38. The summed E-state index contributed by atoms with van der Waals surface area (Å²) in [6.45, 7) is 4.98. The molecule has 0 spiro atoms. The molecule has 1 aliphatic heterocycles. The zero-order valence-electron chi connectivity index (χ0n) is 17.8. The maximum Gasteiger partial charge on any atom is 0.225 e. The van der Waals surface area contributed by atoms with Gasteiger partial charge in [0.2, 0.25) is 5.91 Å². The van der Waals surface area contributed by atoms with Gasteiger partial charge in [-0.25, -0.2) is 4.39 Å². The summed E-state index contributed by atoms with van der Waals surface area (Å²) in [5, 5.41) is 6.83. The highest BCUT2D eigenvalue weighted by Gasteiger charge is 2.46. The highest BCUT2D eigenvalue weighted by molar-refractivity contribution is 14.0. The predicted molar refractivity (Wildman–Crippen MR) is 129 cm³/mol. The van der Waals surface area contributed by atoms with E-state index in [0.717, 1.165) is 63.3 Å². The molecule has 0 aromatic heterocycles. The molecule has 30 heavy (non-hydrogen) atoms. The van der Waals surface area contributed by atoms with Gasteiger partial charge in [-0.3, -0.25) is 9.79 Å². The molecule has 4 rings (SSSR count). The number of nitrogens with zero attached hydrogens (tertiary/aromatic N) is 2. The van der Waals surface area contributed by atoms with E-state index in [1.807, 2.05) is 24.0 Å². The molecule has 1 amide bonds. The summed E-state index contributed by atoms with van der Waals surface area (Å²) in [5.74, 6) is 1.22. The molecule has 1 heterocycles. The molecule has 2 saturated carbocycles. The first-order chi connectivity index (χ1) is 14.1. The van der Waals surface area contributed by atoms with Crippen molar-refractivity contribution in [1.29, 1.82) is 0 Å². The summed E-state index contributed by atoms with van der Waals surface area (Å²) in [6, 6.07) is 7.29. The minimum Gasteiger partial charge on any atom is -0.357 e. The Morgan fingerprint density at radius 1 is 1.23 bits per heavy atom. The lowest BCUT2D eigenvalue weighted by Gasteiger charge is -2.22. The molecular formula is C23H34FIN4O. The molecular weight excluding hydrogens is 494 g/mol. The van der Waals surface area contributed by atoms with Crippen LogP contribution in [0.15, 0.2) is 29.3 Å². The zero-order valence-corrected chi connectivity index (χ0v) is 20.2. The summed E-state index contributed by atoms with van der Waals surface area (Å²) >= 11 is 0. The third-order valence-corrected chi connectivity index (χ3v) is 6.73.